The topological polar surface area (TPSA) is 141 Å². The van der Waals surface area contributed by atoms with Gasteiger partial charge in [-0.2, -0.15) is 0 Å². The zero-order valence-electron chi connectivity index (χ0n) is 28.9. The number of hydrogen-bond donors (Lipinski definition) is 0. The van der Waals surface area contributed by atoms with Gasteiger partial charge in [-0.1, -0.05) is 41.7 Å². The second kappa shape index (κ2) is 16.8. The van der Waals surface area contributed by atoms with E-state index in [1.807, 2.05) is 24.3 Å². The molecule has 13 heteroatoms. The minimum atomic E-state index is -0.876. The number of hydrogen-bond acceptors (Lipinski definition) is 12. The molecule has 0 aliphatic carbocycles. The molecule has 0 unspecified atom stereocenters. The minimum Gasteiger partial charge on any atom is -0.490 e. The van der Waals surface area contributed by atoms with Crippen LogP contribution >= 0.6 is 11.3 Å². The summed E-state index contributed by atoms with van der Waals surface area (Å²) in [5.41, 5.74) is 2.99. The first-order valence-electron chi connectivity index (χ1n) is 16.3. The van der Waals surface area contributed by atoms with Gasteiger partial charge in [0.15, 0.2) is 22.9 Å². The van der Waals surface area contributed by atoms with Crippen molar-refractivity contribution in [2.45, 2.75) is 40.3 Å². The molecule has 0 saturated carbocycles. The monoisotopic (exact) mass is 714 g/mol. The van der Waals surface area contributed by atoms with E-state index in [1.165, 1.54) is 23.0 Å². The van der Waals surface area contributed by atoms with Crippen LogP contribution in [0.25, 0.3) is 6.08 Å². The van der Waals surface area contributed by atoms with Crippen LogP contribution in [0.1, 0.15) is 60.8 Å². The van der Waals surface area contributed by atoms with Crippen LogP contribution in [0.2, 0.25) is 0 Å². The second-order valence-corrected chi connectivity index (χ2v) is 12.1. The molecule has 1 aliphatic rings. The van der Waals surface area contributed by atoms with Gasteiger partial charge in [-0.15, -0.1) is 0 Å². The number of carbonyl (C=O) groups excluding carboxylic acids is 3. The molecule has 0 N–H and O–H groups in total. The van der Waals surface area contributed by atoms with Crippen molar-refractivity contribution < 1.29 is 42.8 Å². The average molecular weight is 715 g/mol. The van der Waals surface area contributed by atoms with Gasteiger partial charge in [-0.3, -0.25) is 9.36 Å². The summed E-state index contributed by atoms with van der Waals surface area (Å²) in [5.74, 6) is -0.259. The first kappa shape index (κ1) is 36.6. The van der Waals surface area contributed by atoms with Gasteiger partial charge in [0.1, 0.15) is 12.4 Å². The Hall–Kier alpha value is -5.69. The minimum absolute atomic E-state index is 0.138. The third-order valence-corrected chi connectivity index (χ3v) is 8.70. The van der Waals surface area contributed by atoms with Crippen molar-refractivity contribution in [3.8, 4) is 17.2 Å². The Morgan fingerprint density at radius 3 is 2.22 bits per heavy atom. The molecule has 12 nitrogen and oxygen atoms in total. The molecule has 0 fully saturated rings. The predicted molar refractivity (Wildman–Crippen MR) is 189 cm³/mol. The summed E-state index contributed by atoms with van der Waals surface area (Å²) in [6.45, 7) is 7.71. The Morgan fingerprint density at radius 1 is 0.843 bits per heavy atom. The smallest absolute Gasteiger partial charge is 0.343 e. The zero-order valence-corrected chi connectivity index (χ0v) is 29.7. The Kier molecular flexibility index (Phi) is 12.1. The zero-order chi connectivity index (χ0) is 36.5. The maximum absolute atomic E-state index is 14.1. The molecule has 0 saturated heterocycles. The number of methoxy groups -OCH3 is 1. The summed E-state index contributed by atoms with van der Waals surface area (Å²) in [7, 11) is 1.27. The molecule has 1 aliphatic heterocycles. The number of rotatable bonds is 14. The Balaban J connectivity index is 1.45. The van der Waals surface area contributed by atoms with Crippen LogP contribution in [0.15, 0.2) is 87.8 Å². The lowest BCUT2D eigenvalue weighted by Crippen LogP contribution is -2.40. The highest BCUT2D eigenvalue weighted by Crippen LogP contribution is 2.36. The Bertz CT molecular complexity index is 2120. The van der Waals surface area contributed by atoms with E-state index in [2.05, 4.69) is 9.73 Å². The number of thiazole rings is 1. The SMILES string of the molecule is CCOC(=O)C1=C(C)N=c2s/c(=C/c3ccc(OCc4ccc(C(=O)OCC)cc4)cc3)c(=O)n2[C@@H]1c1ccc(OCC(=O)OC)c(OCC)c1. The van der Waals surface area contributed by atoms with E-state index >= 15 is 0 Å². The molecule has 4 aromatic rings. The number of fused-ring (bicyclic) bond motifs is 1. The van der Waals surface area contributed by atoms with Gasteiger partial charge in [-0.25, -0.2) is 19.4 Å². The molecule has 266 valence electrons. The first-order valence-corrected chi connectivity index (χ1v) is 17.1. The van der Waals surface area contributed by atoms with E-state index in [9.17, 15) is 19.2 Å². The van der Waals surface area contributed by atoms with Gasteiger partial charge < -0.3 is 28.4 Å². The molecule has 1 atom stereocenters. The number of esters is 3. The average Bonchev–Trinajstić information content (AvgIpc) is 3.43. The van der Waals surface area contributed by atoms with Gasteiger partial charge in [0, 0.05) is 0 Å². The van der Waals surface area contributed by atoms with Crippen LogP contribution < -0.4 is 29.1 Å². The molecule has 0 spiro atoms. The van der Waals surface area contributed by atoms with Crippen LogP contribution in [0, 0.1) is 0 Å². The highest BCUT2D eigenvalue weighted by atomic mass is 32.1. The van der Waals surface area contributed by atoms with Crippen molar-refractivity contribution in [1.29, 1.82) is 0 Å². The van der Waals surface area contributed by atoms with Crippen molar-refractivity contribution in [2.75, 3.05) is 33.5 Å². The van der Waals surface area contributed by atoms with E-state index in [0.717, 1.165) is 11.1 Å². The van der Waals surface area contributed by atoms with E-state index in [1.54, 1.807) is 76.2 Å². The summed E-state index contributed by atoms with van der Waals surface area (Å²) in [4.78, 5) is 56.1. The third kappa shape index (κ3) is 8.55. The largest absolute Gasteiger partial charge is 0.490 e. The highest BCUT2D eigenvalue weighted by Gasteiger charge is 2.34. The van der Waals surface area contributed by atoms with Crippen LogP contribution in [-0.4, -0.2) is 56.0 Å². The fourth-order valence-corrected chi connectivity index (χ4v) is 6.36. The Morgan fingerprint density at radius 2 is 1.55 bits per heavy atom. The second-order valence-electron chi connectivity index (χ2n) is 11.1. The predicted octanol–water partition coefficient (Wildman–Crippen LogP) is 4.50. The van der Waals surface area contributed by atoms with Crippen LogP contribution in [0.3, 0.4) is 0 Å². The molecule has 0 bridgehead atoms. The fourth-order valence-electron chi connectivity index (χ4n) is 5.31. The summed E-state index contributed by atoms with van der Waals surface area (Å²) in [5, 5.41) is 0. The van der Waals surface area contributed by atoms with E-state index in [-0.39, 0.29) is 30.3 Å². The molecular formula is C38H38N2O10S. The lowest BCUT2D eigenvalue weighted by molar-refractivity contribution is -0.143. The summed E-state index contributed by atoms with van der Waals surface area (Å²) < 4.78 is 34.4. The van der Waals surface area contributed by atoms with Gasteiger partial charge >= 0.3 is 17.9 Å². The molecular weight excluding hydrogens is 676 g/mol. The van der Waals surface area contributed by atoms with E-state index < -0.39 is 18.0 Å². The van der Waals surface area contributed by atoms with Gasteiger partial charge in [0.25, 0.3) is 5.56 Å². The number of nitrogens with zero attached hydrogens (tertiary/aromatic N) is 2. The molecule has 51 heavy (non-hydrogen) atoms. The van der Waals surface area contributed by atoms with Crippen molar-refractivity contribution in [2.24, 2.45) is 4.99 Å². The summed E-state index contributed by atoms with van der Waals surface area (Å²) >= 11 is 1.21. The van der Waals surface area contributed by atoms with Crippen LogP contribution in [0.5, 0.6) is 17.2 Å². The molecule has 5 rings (SSSR count). The molecule has 0 amide bonds. The van der Waals surface area contributed by atoms with Gasteiger partial charge in [0.2, 0.25) is 0 Å². The van der Waals surface area contributed by atoms with Gasteiger partial charge in [-0.05, 0) is 86.9 Å². The number of benzene rings is 3. The normalized spacial score (nSPS) is 13.9. The van der Waals surface area contributed by atoms with Crippen molar-refractivity contribution in [3.63, 3.8) is 0 Å². The van der Waals surface area contributed by atoms with E-state index in [4.69, 9.17) is 23.7 Å². The first-order chi connectivity index (χ1) is 24.7. The molecule has 1 aromatic heterocycles. The highest BCUT2D eigenvalue weighted by molar-refractivity contribution is 7.07. The standard InChI is InChI=1S/C38H38N2O10S/c1-6-46-30-20-27(15-18-29(30)50-22-32(41)45-5)34-33(37(44)48-8-3)23(4)39-38-40(34)35(42)31(51-38)19-24-11-16-28(17-12-24)49-21-25-9-13-26(14-10-25)36(43)47-7-2/h9-20,34H,6-8,21-22H2,1-5H3/b31-19+/t34-/m1/s1. The molecule has 2 heterocycles. The fraction of sp³-hybridized carbons (Fsp3) is 0.289. The summed E-state index contributed by atoms with van der Waals surface area (Å²) in [6, 6.07) is 18.5. The van der Waals surface area contributed by atoms with Crippen molar-refractivity contribution in [3.05, 3.63) is 120 Å². The maximum Gasteiger partial charge on any atom is 0.343 e. The van der Waals surface area contributed by atoms with Crippen molar-refractivity contribution >= 4 is 35.3 Å². The summed E-state index contributed by atoms with van der Waals surface area (Å²) in [6.07, 6.45) is 1.76. The molecule has 3 aromatic carbocycles. The number of aromatic nitrogens is 1. The number of carbonyl (C=O) groups is 3. The van der Waals surface area contributed by atoms with Gasteiger partial charge in [0.05, 0.1) is 54.3 Å². The number of allylic oxidation sites excluding steroid dienone is 1. The van der Waals surface area contributed by atoms with Crippen LogP contribution in [-0.2, 0) is 30.4 Å². The van der Waals surface area contributed by atoms with Crippen molar-refractivity contribution in [1.82, 2.24) is 4.57 Å². The van der Waals surface area contributed by atoms with Crippen LogP contribution in [0.4, 0.5) is 0 Å². The quantitative estimate of drug-likeness (QED) is 0.135. The lowest BCUT2D eigenvalue weighted by atomic mass is 9.95. The molecule has 0 radical (unpaired) electrons. The third-order valence-electron chi connectivity index (χ3n) is 7.72. The Labute approximate surface area is 298 Å². The maximum atomic E-state index is 14.1. The van der Waals surface area contributed by atoms with E-state index in [0.29, 0.717) is 63.2 Å². The number of ether oxygens (including phenoxy) is 6. The lowest BCUT2D eigenvalue weighted by Gasteiger charge is -2.25.